The van der Waals surface area contributed by atoms with Crippen molar-refractivity contribution in [3.63, 3.8) is 0 Å². The zero-order valence-corrected chi connectivity index (χ0v) is 15.7. The van der Waals surface area contributed by atoms with Crippen LogP contribution in [0.5, 0.6) is 0 Å². The monoisotopic (exact) mass is 365 g/mol. The molecule has 1 aliphatic heterocycles. The highest BCUT2D eigenvalue weighted by Crippen LogP contribution is 2.26. The predicted molar refractivity (Wildman–Crippen MR) is 106 cm³/mol. The summed E-state index contributed by atoms with van der Waals surface area (Å²) in [6, 6.07) is 8.44. The lowest BCUT2D eigenvalue weighted by atomic mass is 10.1. The van der Waals surface area contributed by atoms with Crippen LogP contribution in [-0.2, 0) is 0 Å². The third kappa shape index (κ3) is 3.71. The van der Waals surface area contributed by atoms with Crippen molar-refractivity contribution in [1.82, 2.24) is 19.9 Å². The molecular weight excluding hydrogens is 341 g/mol. The lowest BCUT2D eigenvalue weighted by molar-refractivity contribution is 0.589. The van der Waals surface area contributed by atoms with Gasteiger partial charge in [0.25, 0.3) is 0 Å². The van der Waals surface area contributed by atoms with Crippen LogP contribution >= 0.6 is 0 Å². The van der Waals surface area contributed by atoms with Crippen molar-refractivity contribution < 1.29 is 4.39 Å². The third-order valence-electron chi connectivity index (χ3n) is 4.92. The van der Waals surface area contributed by atoms with Gasteiger partial charge in [0.2, 0.25) is 0 Å². The van der Waals surface area contributed by atoms with Gasteiger partial charge in [-0.3, -0.25) is 0 Å². The normalized spacial score (nSPS) is 14.7. The van der Waals surface area contributed by atoms with Crippen LogP contribution in [0.15, 0.2) is 48.9 Å². The lowest BCUT2D eigenvalue weighted by Crippen LogP contribution is -2.43. The van der Waals surface area contributed by atoms with E-state index in [0.717, 1.165) is 43.1 Å². The molecule has 140 valence electrons. The molecule has 1 N–H and O–H groups in total. The fraction of sp³-hybridized carbons (Fsp3) is 0.333. The lowest BCUT2D eigenvalue weighted by Gasteiger charge is -2.28. The fourth-order valence-corrected chi connectivity index (χ4v) is 3.36. The number of anilines is 1. The van der Waals surface area contributed by atoms with E-state index < -0.39 is 0 Å². The number of benzene rings is 1. The minimum atomic E-state index is -0.260. The second kappa shape index (κ2) is 7.48. The molecule has 0 saturated carbocycles. The van der Waals surface area contributed by atoms with E-state index in [2.05, 4.69) is 52.1 Å². The van der Waals surface area contributed by atoms with Gasteiger partial charge in [0, 0.05) is 55.9 Å². The number of nitrogens with zero attached hydrogens (tertiary/aromatic N) is 4. The van der Waals surface area contributed by atoms with Gasteiger partial charge in [-0.25, -0.2) is 14.4 Å². The summed E-state index contributed by atoms with van der Waals surface area (Å²) in [5.74, 6) is 1.52. The molecule has 0 unspecified atom stereocenters. The van der Waals surface area contributed by atoms with Gasteiger partial charge in [0.15, 0.2) is 5.82 Å². The Morgan fingerprint density at radius 1 is 1.07 bits per heavy atom. The summed E-state index contributed by atoms with van der Waals surface area (Å²) in [6.07, 6.45) is 6.07. The molecule has 3 heterocycles. The van der Waals surface area contributed by atoms with Gasteiger partial charge in [0.05, 0.1) is 5.69 Å². The van der Waals surface area contributed by atoms with Gasteiger partial charge < -0.3 is 14.8 Å². The molecule has 1 fully saturated rings. The molecule has 0 atom stereocenters. The van der Waals surface area contributed by atoms with Crippen LogP contribution in [0.25, 0.3) is 17.2 Å². The summed E-state index contributed by atoms with van der Waals surface area (Å²) in [5, 5.41) is 3.38. The molecule has 0 bridgehead atoms. The van der Waals surface area contributed by atoms with Crippen LogP contribution in [0.4, 0.5) is 10.1 Å². The number of halogens is 1. The smallest absolute Gasteiger partial charge is 0.161 e. The molecule has 1 aromatic carbocycles. The Hall–Kier alpha value is -2.73. The van der Waals surface area contributed by atoms with Crippen LogP contribution < -0.4 is 10.2 Å². The highest BCUT2D eigenvalue weighted by atomic mass is 19.1. The van der Waals surface area contributed by atoms with Gasteiger partial charge in [-0.15, -0.1) is 0 Å². The summed E-state index contributed by atoms with van der Waals surface area (Å²) >= 11 is 0. The molecule has 1 saturated heterocycles. The van der Waals surface area contributed by atoms with Gasteiger partial charge in [-0.1, -0.05) is 13.8 Å². The van der Waals surface area contributed by atoms with E-state index in [1.165, 1.54) is 17.8 Å². The van der Waals surface area contributed by atoms with Crippen LogP contribution in [-0.4, -0.2) is 40.7 Å². The summed E-state index contributed by atoms with van der Waals surface area (Å²) < 4.78 is 15.3. The minimum Gasteiger partial charge on any atom is -0.368 e. The highest BCUT2D eigenvalue weighted by Gasteiger charge is 2.16. The van der Waals surface area contributed by atoms with E-state index in [-0.39, 0.29) is 5.82 Å². The number of hydrogen-bond acceptors (Lipinski definition) is 4. The van der Waals surface area contributed by atoms with Gasteiger partial charge in [-0.2, -0.15) is 0 Å². The Labute approximate surface area is 158 Å². The molecule has 6 heteroatoms. The fourth-order valence-electron chi connectivity index (χ4n) is 3.36. The van der Waals surface area contributed by atoms with Crippen molar-refractivity contribution >= 4 is 5.69 Å². The summed E-state index contributed by atoms with van der Waals surface area (Å²) in [5.41, 5.74) is 3.10. The second-order valence-corrected chi connectivity index (χ2v) is 7.15. The molecule has 0 spiro atoms. The predicted octanol–water partition coefficient (Wildman–Crippen LogP) is 3.61. The third-order valence-corrected chi connectivity index (χ3v) is 4.92. The molecule has 0 amide bonds. The molecule has 5 nitrogen and oxygen atoms in total. The number of nitrogens with one attached hydrogen (secondary N) is 1. The maximum absolute atomic E-state index is 13.2. The first-order valence-electron chi connectivity index (χ1n) is 9.39. The number of aromatic nitrogens is 3. The van der Waals surface area contributed by atoms with E-state index in [1.807, 2.05) is 6.20 Å². The summed E-state index contributed by atoms with van der Waals surface area (Å²) in [7, 11) is 0. The average molecular weight is 365 g/mol. The van der Waals surface area contributed by atoms with E-state index in [1.54, 1.807) is 12.1 Å². The number of rotatable bonds is 4. The molecule has 1 aliphatic rings. The average Bonchev–Trinajstić information content (AvgIpc) is 3.19. The highest BCUT2D eigenvalue weighted by molar-refractivity contribution is 5.57. The Kier molecular flexibility index (Phi) is 4.90. The quantitative estimate of drug-likeness (QED) is 0.767. The first kappa shape index (κ1) is 17.7. The van der Waals surface area contributed by atoms with E-state index in [0.29, 0.717) is 11.7 Å². The standard InChI is InChI=1S/C21H24FN5/c1-15(2)19-13-24-20(16-3-5-17(22)6-4-16)25-21(19)27-10-7-18(14-27)26-11-8-23-9-12-26/h3-7,10,13-15,23H,8-9,11-12H2,1-2H3. The van der Waals surface area contributed by atoms with Gasteiger partial charge >= 0.3 is 0 Å². The summed E-state index contributed by atoms with van der Waals surface area (Å²) in [6.45, 7) is 8.30. The number of hydrogen-bond donors (Lipinski definition) is 1. The zero-order chi connectivity index (χ0) is 18.8. The zero-order valence-electron chi connectivity index (χ0n) is 15.7. The molecule has 0 radical (unpaired) electrons. The van der Waals surface area contributed by atoms with E-state index >= 15 is 0 Å². The van der Waals surface area contributed by atoms with Gasteiger partial charge in [0.1, 0.15) is 11.6 Å². The van der Waals surface area contributed by atoms with E-state index in [4.69, 9.17) is 4.98 Å². The van der Waals surface area contributed by atoms with Crippen molar-refractivity contribution in [2.75, 3.05) is 31.1 Å². The molecule has 4 rings (SSSR count). The topological polar surface area (TPSA) is 46.0 Å². The number of piperazine rings is 1. The maximum Gasteiger partial charge on any atom is 0.161 e. The maximum atomic E-state index is 13.2. The van der Waals surface area contributed by atoms with Crippen molar-refractivity contribution in [2.24, 2.45) is 0 Å². The van der Waals surface area contributed by atoms with Gasteiger partial charge in [-0.05, 0) is 36.2 Å². The Bertz CT molecular complexity index is 911. The molecule has 27 heavy (non-hydrogen) atoms. The van der Waals surface area contributed by atoms with Crippen LogP contribution in [0, 0.1) is 5.82 Å². The van der Waals surface area contributed by atoms with Crippen LogP contribution in [0.2, 0.25) is 0 Å². The molecule has 2 aromatic heterocycles. The Morgan fingerprint density at radius 3 is 2.52 bits per heavy atom. The summed E-state index contributed by atoms with van der Waals surface area (Å²) in [4.78, 5) is 11.7. The van der Waals surface area contributed by atoms with Crippen molar-refractivity contribution in [2.45, 2.75) is 19.8 Å². The molecule has 0 aliphatic carbocycles. The first-order valence-corrected chi connectivity index (χ1v) is 9.39. The van der Waals surface area contributed by atoms with Crippen LogP contribution in [0.1, 0.15) is 25.3 Å². The van der Waals surface area contributed by atoms with Crippen molar-refractivity contribution in [3.8, 4) is 17.2 Å². The van der Waals surface area contributed by atoms with Crippen molar-refractivity contribution in [1.29, 1.82) is 0 Å². The Morgan fingerprint density at radius 2 is 1.81 bits per heavy atom. The molecular formula is C21H24FN5. The largest absolute Gasteiger partial charge is 0.368 e. The van der Waals surface area contributed by atoms with Crippen molar-refractivity contribution in [3.05, 3.63) is 60.3 Å². The minimum absolute atomic E-state index is 0.260. The van der Waals surface area contributed by atoms with E-state index in [9.17, 15) is 4.39 Å². The van der Waals surface area contributed by atoms with Crippen LogP contribution in [0.3, 0.4) is 0 Å². The molecule has 3 aromatic rings. The SMILES string of the molecule is CC(C)c1cnc(-c2ccc(F)cc2)nc1-n1ccc(N2CCNCC2)c1. The first-order chi connectivity index (χ1) is 13.1. The second-order valence-electron chi connectivity index (χ2n) is 7.15. The Balaban J connectivity index is 1.72.